The lowest BCUT2D eigenvalue weighted by atomic mass is 9.88. The Morgan fingerprint density at radius 3 is 2.12 bits per heavy atom. The minimum Gasteiger partial charge on any atom is -0.485 e. The molecule has 0 aliphatic carbocycles. The first-order valence-electron chi connectivity index (χ1n) is 11.2. The number of benzene rings is 3. The van der Waals surface area contributed by atoms with Crippen molar-refractivity contribution in [3.05, 3.63) is 94.5 Å². The molecule has 1 N–H and O–H groups in total. The molecule has 0 amide bonds. The Hall–Kier alpha value is -2.82. The maximum absolute atomic E-state index is 6.39. The van der Waals surface area contributed by atoms with Gasteiger partial charge in [-0.15, -0.1) is 0 Å². The summed E-state index contributed by atoms with van der Waals surface area (Å²) in [7, 11) is 1.74. The molecule has 2 unspecified atom stereocenters. The van der Waals surface area contributed by atoms with Crippen molar-refractivity contribution in [2.75, 3.05) is 12.4 Å². The zero-order valence-corrected chi connectivity index (χ0v) is 19.6. The summed E-state index contributed by atoms with van der Waals surface area (Å²) in [6.45, 7) is 9.58. The van der Waals surface area contributed by atoms with E-state index < -0.39 is 5.60 Å². The van der Waals surface area contributed by atoms with Crippen molar-refractivity contribution < 1.29 is 14.2 Å². The molecule has 0 saturated heterocycles. The molecule has 1 heterocycles. The summed E-state index contributed by atoms with van der Waals surface area (Å²) in [6.07, 6.45) is -0.464. The molecule has 0 spiro atoms. The summed E-state index contributed by atoms with van der Waals surface area (Å²) in [5, 5.41) is 3.52. The van der Waals surface area contributed by atoms with E-state index in [1.165, 1.54) is 16.7 Å². The lowest BCUT2D eigenvalue weighted by Gasteiger charge is -2.44. The van der Waals surface area contributed by atoms with Gasteiger partial charge in [-0.2, -0.15) is 0 Å². The fourth-order valence-electron chi connectivity index (χ4n) is 4.16. The van der Waals surface area contributed by atoms with Gasteiger partial charge < -0.3 is 19.5 Å². The minimum atomic E-state index is -0.519. The van der Waals surface area contributed by atoms with Crippen molar-refractivity contribution in [3.8, 4) is 5.75 Å². The number of rotatable bonds is 7. The highest BCUT2D eigenvalue weighted by atomic mass is 16.6. The summed E-state index contributed by atoms with van der Waals surface area (Å²) < 4.78 is 18.7. The SMILES string of the molecule is COC1c2cc(NCc3ccc(C)cc3)ccc2OC(C)(C)C1OCc1ccc(C)cc1. The number of methoxy groups -OCH3 is 1. The minimum absolute atomic E-state index is 0.222. The second-order valence-corrected chi connectivity index (χ2v) is 9.17. The first-order chi connectivity index (χ1) is 15.4. The van der Waals surface area contributed by atoms with Gasteiger partial charge in [-0.3, -0.25) is 0 Å². The first kappa shape index (κ1) is 22.4. The summed E-state index contributed by atoms with van der Waals surface area (Å²) in [5.74, 6) is 0.845. The average Bonchev–Trinajstić information content (AvgIpc) is 2.78. The van der Waals surface area contributed by atoms with Crippen LogP contribution < -0.4 is 10.1 Å². The number of anilines is 1. The molecule has 1 aliphatic rings. The molecule has 3 aromatic rings. The molecule has 32 heavy (non-hydrogen) atoms. The first-order valence-corrected chi connectivity index (χ1v) is 11.2. The second-order valence-electron chi connectivity index (χ2n) is 9.17. The molecule has 0 fully saturated rings. The molecule has 168 valence electrons. The van der Waals surface area contributed by atoms with Crippen molar-refractivity contribution in [1.82, 2.24) is 0 Å². The Labute approximate surface area is 191 Å². The van der Waals surface area contributed by atoms with Crippen molar-refractivity contribution in [3.63, 3.8) is 0 Å². The van der Waals surface area contributed by atoms with Crippen molar-refractivity contribution >= 4 is 5.69 Å². The van der Waals surface area contributed by atoms with Gasteiger partial charge in [0.15, 0.2) is 0 Å². The fraction of sp³-hybridized carbons (Fsp3) is 0.357. The van der Waals surface area contributed by atoms with E-state index in [1.807, 2.05) is 6.07 Å². The maximum Gasteiger partial charge on any atom is 0.132 e. The van der Waals surface area contributed by atoms with Gasteiger partial charge in [0.1, 0.15) is 23.6 Å². The number of hydrogen-bond acceptors (Lipinski definition) is 4. The predicted octanol–water partition coefficient (Wildman–Crippen LogP) is 6.36. The zero-order valence-electron chi connectivity index (χ0n) is 19.6. The van der Waals surface area contributed by atoms with Gasteiger partial charge in [-0.1, -0.05) is 59.7 Å². The van der Waals surface area contributed by atoms with Gasteiger partial charge in [0.2, 0.25) is 0 Å². The summed E-state index contributed by atoms with van der Waals surface area (Å²) in [5.41, 5.74) is 6.41. The van der Waals surface area contributed by atoms with E-state index >= 15 is 0 Å². The molecule has 4 nitrogen and oxygen atoms in total. The van der Waals surface area contributed by atoms with E-state index in [4.69, 9.17) is 14.2 Å². The van der Waals surface area contributed by atoms with Crippen LogP contribution in [0.1, 0.15) is 47.8 Å². The smallest absolute Gasteiger partial charge is 0.132 e. The molecule has 1 aliphatic heterocycles. The summed E-state index contributed by atoms with van der Waals surface area (Å²) in [4.78, 5) is 0. The molecule has 3 aromatic carbocycles. The number of hydrogen-bond donors (Lipinski definition) is 1. The van der Waals surface area contributed by atoms with Crippen LogP contribution in [0.15, 0.2) is 66.7 Å². The van der Waals surface area contributed by atoms with Crippen molar-refractivity contribution in [2.24, 2.45) is 0 Å². The lowest BCUT2D eigenvalue weighted by molar-refractivity contribution is -0.159. The van der Waals surface area contributed by atoms with Crippen molar-refractivity contribution in [1.29, 1.82) is 0 Å². The monoisotopic (exact) mass is 431 g/mol. The van der Waals surface area contributed by atoms with E-state index in [0.29, 0.717) is 6.61 Å². The maximum atomic E-state index is 6.39. The largest absolute Gasteiger partial charge is 0.485 e. The predicted molar refractivity (Wildman–Crippen MR) is 129 cm³/mol. The molecular formula is C28H33NO3. The van der Waals surface area contributed by atoms with Gasteiger partial charge in [-0.05, 0) is 57.0 Å². The average molecular weight is 432 g/mol. The van der Waals surface area contributed by atoms with Gasteiger partial charge in [0, 0.05) is 24.9 Å². The number of ether oxygens (including phenoxy) is 3. The quantitative estimate of drug-likeness (QED) is 0.472. The Morgan fingerprint density at radius 1 is 0.875 bits per heavy atom. The van der Waals surface area contributed by atoms with Crippen LogP contribution in [0.25, 0.3) is 0 Å². The van der Waals surface area contributed by atoms with Gasteiger partial charge >= 0.3 is 0 Å². The number of nitrogens with one attached hydrogen (secondary N) is 1. The molecule has 2 atom stereocenters. The Bertz CT molecular complexity index is 1040. The molecule has 4 heteroatoms. The highest BCUT2D eigenvalue weighted by Gasteiger charge is 2.45. The third-order valence-electron chi connectivity index (χ3n) is 6.07. The molecule has 4 rings (SSSR count). The van der Waals surface area contributed by atoms with E-state index in [9.17, 15) is 0 Å². The summed E-state index contributed by atoms with van der Waals surface area (Å²) >= 11 is 0. The van der Waals surface area contributed by atoms with Crippen LogP contribution in [-0.4, -0.2) is 18.8 Å². The molecular weight excluding hydrogens is 398 g/mol. The van der Waals surface area contributed by atoms with Crippen LogP contribution in [0.3, 0.4) is 0 Å². The normalized spacial score (nSPS) is 19.2. The van der Waals surface area contributed by atoms with E-state index in [2.05, 4.69) is 93.7 Å². The Kier molecular flexibility index (Phi) is 6.54. The van der Waals surface area contributed by atoms with E-state index in [0.717, 1.165) is 29.1 Å². The van der Waals surface area contributed by atoms with Crippen LogP contribution in [0.4, 0.5) is 5.69 Å². The Morgan fingerprint density at radius 2 is 1.50 bits per heavy atom. The standard InChI is InChI=1S/C28H33NO3/c1-19-6-10-21(11-7-19)17-29-23-14-15-25-24(16-23)26(30-5)27(28(3,4)32-25)31-18-22-12-8-20(2)9-13-22/h6-16,26-27,29H,17-18H2,1-5H3. The third kappa shape index (κ3) is 4.98. The van der Waals surface area contributed by atoms with Gasteiger partial charge in [0.05, 0.1) is 6.61 Å². The number of fused-ring (bicyclic) bond motifs is 1. The number of aryl methyl sites for hydroxylation is 2. The van der Waals surface area contributed by atoms with Crippen LogP contribution in [0.5, 0.6) is 5.75 Å². The molecule has 0 radical (unpaired) electrons. The van der Waals surface area contributed by atoms with Gasteiger partial charge in [0.25, 0.3) is 0 Å². The van der Waals surface area contributed by atoms with Gasteiger partial charge in [-0.25, -0.2) is 0 Å². The van der Waals surface area contributed by atoms with E-state index in [-0.39, 0.29) is 12.2 Å². The van der Waals surface area contributed by atoms with Crippen LogP contribution in [0, 0.1) is 13.8 Å². The van der Waals surface area contributed by atoms with Crippen LogP contribution >= 0.6 is 0 Å². The highest BCUT2D eigenvalue weighted by Crippen LogP contribution is 2.44. The topological polar surface area (TPSA) is 39.7 Å². The van der Waals surface area contributed by atoms with Crippen LogP contribution in [0.2, 0.25) is 0 Å². The van der Waals surface area contributed by atoms with Crippen molar-refractivity contribution in [2.45, 2.75) is 58.7 Å². The fourth-order valence-corrected chi connectivity index (χ4v) is 4.16. The van der Waals surface area contributed by atoms with E-state index in [1.54, 1.807) is 7.11 Å². The Balaban J connectivity index is 1.52. The summed E-state index contributed by atoms with van der Waals surface area (Å²) in [6, 6.07) is 23.2. The molecule has 0 aromatic heterocycles. The zero-order chi connectivity index (χ0) is 22.7. The molecule has 0 bridgehead atoms. The molecule has 0 saturated carbocycles. The third-order valence-corrected chi connectivity index (χ3v) is 6.07. The second kappa shape index (κ2) is 9.35. The lowest BCUT2D eigenvalue weighted by Crippen LogP contribution is -2.50. The highest BCUT2D eigenvalue weighted by molar-refractivity contribution is 5.54. The van der Waals surface area contributed by atoms with Crippen LogP contribution in [-0.2, 0) is 22.6 Å².